The van der Waals surface area contributed by atoms with Gasteiger partial charge in [-0.25, -0.2) is 17.2 Å². The fourth-order valence-electron chi connectivity index (χ4n) is 5.15. The minimum Gasteiger partial charge on any atom is -0.317 e. The number of halogens is 2. The summed E-state index contributed by atoms with van der Waals surface area (Å²) in [7, 11) is -3.90. The van der Waals surface area contributed by atoms with Gasteiger partial charge in [-0.2, -0.15) is 0 Å². The lowest BCUT2D eigenvalue weighted by Crippen LogP contribution is -2.52. The maximum absolute atomic E-state index is 14.3. The van der Waals surface area contributed by atoms with E-state index >= 15 is 0 Å². The van der Waals surface area contributed by atoms with Crippen LogP contribution in [-0.4, -0.2) is 27.5 Å². The Morgan fingerprint density at radius 3 is 2.31 bits per heavy atom. The first-order valence-electron chi connectivity index (χ1n) is 10.2. The maximum Gasteiger partial charge on any atom is 0.264 e. The van der Waals surface area contributed by atoms with E-state index in [1.54, 1.807) is 6.07 Å². The van der Waals surface area contributed by atoms with Crippen molar-refractivity contribution in [2.45, 2.75) is 48.5 Å². The first-order valence-corrected chi connectivity index (χ1v) is 11.7. The molecule has 2 fully saturated rings. The highest BCUT2D eigenvalue weighted by Crippen LogP contribution is 2.55. The molecule has 1 aliphatic carbocycles. The van der Waals surface area contributed by atoms with Gasteiger partial charge in [0.15, 0.2) is 0 Å². The largest absolute Gasteiger partial charge is 0.317 e. The zero-order chi connectivity index (χ0) is 20.2. The van der Waals surface area contributed by atoms with E-state index in [1.165, 1.54) is 40.7 Å². The Morgan fingerprint density at radius 2 is 1.66 bits per heavy atom. The predicted octanol–water partition coefficient (Wildman–Crippen LogP) is 3.96. The van der Waals surface area contributed by atoms with Gasteiger partial charge in [0, 0.05) is 5.41 Å². The molecule has 1 spiro atoms. The van der Waals surface area contributed by atoms with Gasteiger partial charge in [0.05, 0.1) is 16.6 Å². The van der Waals surface area contributed by atoms with E-state index < -0.39 is 21.3 Å². The minimum atomic E-state index is -3.90. The number of hydrogen-bond acceptors (Lipinski definition) is 3. The number of piperidine rings is 1. The van der Waals surface area contributed by atoms with Crippen molar-refractivity contribution < 1.29 is 17.2 Å². The molecule has 1 atom stereocenters. The van der Waals surface area contributed by atoms with Crippen LogP contribution in [0.2, 0.25) is 0 Å². The lowest BCUT2D eigenvalue weighted by molar-refractivity contribution is 0.258. The van der Waals surface area contributed by atoms with Crippen LogP contribution in [0.3, 0.4) is 0 Å². The quantitative estimate of drug-likeness (QED) is 0.818. The number of nitrogens with zero attached hydrogens (tertiary/aromatic N) is 1. The Hall–Kier alpha value is -1.99. The Labute approximate surface area is 170 Å². The average molecular weight is 419 g/mol. The molecule has 2 heterocycles. The van der Waals surface area contributed by atoms with Crippen molar-refractivity contribution in [3.05, 3.63) is 59.7 Å². The molecular formula is C22H24F2N2O2S. The third-order valence-corrected chi connectivity index (χ3v) is 8.61. The molecule has 0 aromatic heterocycles. The number of benzene rings is 2. The summed E-state index contributed by atoms with van der Waals surface area (Å²) in [6.07, 6.45) is 4.54. The highest BCUT2D eigenvalue weighted by atomic mass is 32.2. The molecule has 1 saturated carbocycles. The summed E-state index contributed by atoms with van der Waals surface area (Å²) in [4.78, 5) is 0.0703. The van der Waals surface area contributed by atoms with Crippen LogP contribution in [0.25, 0.3) is 0 Å². The summed E-state index contributed by atoms with van der Waals surface area (Å²) in [5.74, 6) is -0.304. The molecule has 7 heteroatoms. The second-order valence-corrected chi connectivity index (χ2v) is 10.3. The Morgan fingerprint density at radius 1 is 1.00 bits per heavy atom. The van der Waals surface area contributed by atoms with Crippen molar-refractivity contribution >= 4 is 15.7 Å². The summed E-state index contributed by atoms with van der Waals surface area (Å²) in [6, 6.07) is 9.19. The van der Waals surface area contributed by atoms with Crippen LogP contribution in [0.1, 0.15) is 37.7 Å². The van der Waals surface area contributed by atoms with Crippen LogP contribution in [0, 0.1) is 17.6 Å². The van der Waals surface area contributed by atoms with Crippen molar-refractivity contribution in [3.63, 3.8) is 0 Å². The molecule has 2 aromatic rings. The van der Waals surface area contributed by atoms with Crippen LogP contribution < -0.4 is 9.62 Å². The van der Waals surface area contributed by atoms with Crippen molar-refractivity contribution in [2.24, 2.45) is 5.92 Å². The molecule has 0 bridgehead atoms. The van der Waals surface area contributed by atoms with Crippen LogP contribution >= 0.6 is 0 Å². The number of anilines is 1. The van der Waals surface area contributed by atoms with Crippen molar-refractivity contribution in [3.8, 4) is 0 Å². The maximum atomic E-state index is 14.3. The van der Waals surface area contributed by atoms with Gasteiger partial charge >= 0.3 is 0 Å². The van der Waals surface area contributed by atoms with E-state index in [-0.39, 0.29) is 16.8 Å². The number of fused-ring (bicyclic) bond motifs is 2. The van der Waals surface area contributed by atoms with Gasteiger partial charge in [-0.15, -0.1) is 0 Å². The van der Waals surface area contributed by atoms with Crippen LogP contribution in [0.5, 0.6) is 0 Å². The molecule has 0 unspecified atom stereocenters. The monoisotopic (exact) mass is 418 g/mol. The van der Waals surface area contributed by atoms with Gasteiger partial charge in [0.2, 0.25) is 0 Å². The minimum absolute atomic E-state index is 0.0703. The molecule has 154 valence electrons. The topological polar surface area (TPSA) is 49.4 Å². The van der Waals surface area contributed by atoms with E-state index in [2.05, 4.69) is 5.32 Å². The highest BCUT2D eigenvalue weighted by Gasteiger charge is 2.55. The van der Waals surface area contributed by atoms with E-state index in [0.29, 0.717) is 11.6 Å². The third kappa shape index (κ3) is 3.06. The zero-order valence-corrected chi connectivity index (χ0v) is 16.9. The summed E-state index contributed by atoms with van der Waals surface area (Å²) in [5, 5.41) is 3.36. The molecule has 0 radical (unpaired) electrons. The lowest BCUT2D eigenvalue weighted by atomic mass is 9.68. The normalized spacial score (nSPS) is 23.4. The fourth-order valence-corrected chi connectivity index (χ4v) is 6.90. The molecular weight excluding hydrogens is 394 g/mol. The van der Waals surface area contributed by atoms with Gasteiger partial charge in [0.1, 0.15) is 11.6 Å². The summed E-state index contributed by atoms with van der Waals surface area (Å²) in [6.45, 7) is 1.56. The number of nitrogens with one attached hydrogen (secondary N) is 1. The fraction of sp³-hybridized carbons (Fsp3) is 0.455. The molecule has 2 aromatic carbocycles. The Bertz CT molecular complexity index is 1030. The SMILES string of the molecule is O=S(=O)(c1ccc(F)cc1)N1c2ccc(F)cc2C2(CCNCC2)[C@H]1CC1CC1. The van der Waals surface area contributed by atoms with Gasteiger partial charge in [-0.3, -0.25) is 4.31 Å². The highest BCUT2D eigenvalue weighted by molar-refractivity contribution is 7.92. The smallest absolute Gasteiger partial charge is 0.264 e. The van der Waals surface area contributed by atoms with Crippen LogP contribution in [-0.2, 0) is 15.4 Å². The molecule has 2 aliphatic heterocycles. The molecule has 29 heavy (non-hydrogen) atoms. The summed E-state index contributed by atoms with van der Waals surface area (Å²) >= 11 is 0. The molecule has 1 N–H and O–H groups in total. The second kappa shape index (κ2) is 6.77. The van der Waals surface area contributed by atoms with Gasteiger partial charge in [-0.05, 0) is 86.3 Å². The number of hydrogen-bond donors (Lipinski definition) is 1. The van der Waals surface area contributed by atoms with E-state index in [4.69, 9.17) is 0 Å². The molecule has 3 aliphatic rings. The molecule has 5 rings (SSSR count). The molecule has 0 amide bonds. The third-order valence-electron chi connectivity index (χ3n) is 6.77. The van der Waals surface area contributed by atoms with E-state index in [1.807, 2.05) is 0 Å². The Kier molecular flexibility index (Phi) is 4.44. The predicted molar refractivity (Wildman–Crippen MR) is 107 cm³/mol. The van der Waals surface area contributed by atoms with Crippen molar-refractivity contribution in [2.75, 3.05) is 17.4 Å². The average Bonchev–Trinajstić information content (AvgIpc) is 3.49. The van der Waals surface area contributed by atoms with E-state index in [9.17, 15) is 17.2 Å². The summed E-state index contributed by atoms with van der Waals surface area (Å²) in [5.41, 5.74) is 0.983. The van der Waals surface area contributed by atoms with Gasteiger partial charge in [-0.1, -0.05) is 12.8 Å². The molecule has 1 saturated heterocycles. The first-order chi connectivity index (χ1) is 13.9. The summed E-state index contributed by atoms with van der Waals surface area (Å²) < 4.78 is 56.7. The number of rotatable bonds is 4. The standard InChI is InChI=1S/C22H24F2N2O2S/c23-16-3-6-18(7-4-16)29(27,28)26-20-8-5-17(24)14-19(20)22(9-11-25-12-10-22)21(26)13-15-1-2-15/h3-8,14-15,21,25H,1-2,9-13H2/t21-/m1/s1. The first kappa shape index (κ1) is 19.0. The van der Waals surface area contributed by atoms with Crippen LogP contribution in [0.4, 0.5) is 14.5 Å². The van der Waals surface area contributed by atoms with Crippen molar-refractivity contribution in [1.29, 1.82) is 0 Å². The lowest BCUT2D eigenvalue weighted by Gasteiger charge is -2.42. The number of sulfonamides is 1. The van der Waals surface area contributed by atoms with Gasteiger partial charge in [0.25, 0.3) is 10.0 Å². The van der Waals surface area contributed by atoms with Gasteiger partial charge < -0.3 is 5.32 Å². The molecule has 4 nitrogen and oxygen atoms in total. The zero-order valence-electron chi connectivity index (χ0n) is 16.1. The van der Waals surface area contributed by atoms with E-state index in [0.717, 1.165) is 50.8 Å². The van der Waals surface area contributed by atoms with Crippen LogP contribution in [0.15, 0.2) is 47.4 Å². The second-order valence-electron chi connectivity index (χ2n) is 8.52. The Balaban J connectivity index is 1.69. The van der Waals surface area contributed by atoms with Crippen molar-refractivity contribution in [1.82, 2.24) is 5.32 Å².